The monoisotopic (exact) mass is 216 g/mol. The van der Waals surface area contributed by atoms with Crippen LogP contribution in [0, 0.1) is 0 Å². The minimum atomic E-state index is 1.33. The van der Waals surface area contributed by atoms with Crippen molar-refractivity contribution >= 4 is 0 Å². The van der Waals surface area contributed by atoms with E-state index in [1.54, 1.807) is 0 Å². The Morgan fingerprint density at radius 2 is 0.867 bits per heavy atom. The van der Waals surface area contributed by atoms with Crippen LogP contribution in [0.2, 0.25) is 0 Å². The number of nitrogens with one attached hydrogen (secondary N) is 3. The third-order valence-electron chi connectivity index (χ3n) is 3.31. The van der Waals surface area contributed by atoms with Gasteiger partial charge in [0.25, 0.3) is 0 Å². The number of rotatable bonds is 6. The minimum absolute atomic E-state index is 1.33. The Morgan fingerprint density at radius 3 is 1.07 bits per heavy atom. The fraction of sp³-hybridized carbons (Fsp3) is 1.00. The first-order valence-corrected chi connectivity index (χ1v) is 6.80. The lowest BCUT2D eigenvalue weighted by Gasteiger charge is -2.34. The molecule has 15 heavy (non-hydrogen) atoms. The van der Waals surface area contributed by atoms with Crippen molar-refractivity contribution in [1.82, 2.24) is 0 Å². The Balaban J connectivity index is 2.40. The van der Waals surface area contributed by atoms with E-state index in [1.165, 1.54) is 58.9 Å². The van der Waals surface area contributed by atoms with Crippen molar-refractivity contribution in [3.05, 3.63) is 0 Å². The highest BCUT2D eigenvalue weighted by Gasteiger charge is 2.29. The second kappa shape index (κ2) is 7.20. The molecule has 1 aliphatic rings. The summed E-state index contributed by atoms with van der Waals surface area (Å²) in [4.78, 5) is 5.45. The molecule has 0 aromatic rings. The summed E-state index contributed by atoms with van der Waals surface area (Å²) >= 11 is 0. The first-order chi connectivity index (χ1) is 7.30. The molecule has 0 aromatic heterocycles. The van der Waals surface area contributed by atoms with Crippen molar-refractivity contribution in [2.24, 2.45) is 0 Å². The zero-order chi connectivity index (χ0) is 11.1. The highest BCUT2D eigenvalue weighted by atomic mass is 15.5. The van der Waals surface area contributed by atoms with Gasteiger partial charge < -0.3 is 0 Å². The van der Waals surface area contributed by atoms with Crippen molar-refractivity contribution < 1.29 is 14.7 Å². The van der Waals surface area contributed by atoms with Gasteiger partial charge in [-0.25, -0.2) is 14.7 Å². The Kier molecular flexibility index (Phi) is 6.22. The standard InChI is InChI=1S/C12H27N3/c1-4-7-13-10-14(8-5-2)12-15(11-13)9-6-3/h4-12H2,1-3H3/p+3. The third-order valence-corrected chi connectivity index (χ3v) is 3.31. The third kappa shape index (κ3) is 4.49. The molecule has 0 aromatic carbocycles. The molecule has 0 unspecified atom stereocenters. The summed E-state index contributed by atoms with van der Waals surface area (Å²) in [7, 11) is 0. The summed E-state index contributed by atoms with van der Waals surface area (Å²) < 4.78 is 0. The quantitative estimate of drug-likeness (QED) is 0.444. The maximum atomic E-state index is 2.31. The van der Waals surface area contributed by atoms with E-state index in [4.69, 9.17) is 0 Å². The predicted molar refractivity (Wildman–Crippen MR) is 63.0 cm³/mol. The Morgan fingerprint density at radius 1 is 0.600 bits per heavy atom. The van der Waals surface area contributed by atoms with Gasteiger partial charge in [0.2, 0.25) is 20.0 Å². The fourth-order valence-corrected chi connectivity index (χ4v) is 2.84. The van der Waals surface area contributed by atoms with Gasteiger partial charge in [-0.1, -0.05) is 20.8 Å². The molecule has 1 rings (SSSR count). The van der Waals surface area contributed by atoms with Gasteiger partial charge in [-0.2, -0.15) is 0 Å². The van der Waals surface area contributed by atoms with Crippen molar-refractivity contribution in [3.63, 3.8) is 0 Å². The lowest BCUT2D eigenvalue weighted by Crippen LogP contribution is -3.50. The minimum Gasteiger partial charge on any atom is -0.242 e. The smallest absolute Gasteiger partial charge is 0.213 e. The van der Waals surface area contributed by atoms with Gasteiger partial charge in [0, 0.05) is 0 Å². The molecule has 0 amide bonds. The second-order valence-electron chi connectivity index (χ2n) is 5.03. The molecule has 0 atom stereocenters. The molecule has 1 saturated heterocycles. The molecular formula is C12H30N3+3. The molecule has 0 bridgehead atoms. The average Bonchev–Trinajstić information content (AvgIpc) is 2.19. The number of hydrogen-bond acceptors (Lipinski definition) is 0. The van der Waals surface area contributed by atoms with Gasteiger partial charge in [0.1, 0.15) is 0 Å². The van der Waals surface area contributed by atoms with E-state index < -0.39 is 0 Å². The lowest BCUT2D eigenvalue weighted by atomic mass is 10.3. The van der Waals surface area contributed by atoms with E-state index in [0.29, 0.717) is 0 Å². The number of quaternary nitrogens is 3. The Labute approximate surface area is 95.0 Å². The molecule has 3 N–H and O–H groups in total. The van der Waals surface area contributed by atoms with Gasteiger partial charge in [-0.3, -0.25) is 0 Å². The van der Waals surface area contributed by atoms with Crippen molar-refractivity contribution in [2.75, 3.05) is 39.6 Å². The van der Waals surface area contributed by atoms with Crippen LogP contribution in [0.5, 0.6) is 0 Å². The molecule has 0 saturated carbocycles. The van der Waals surface area contributed by atoms with Crippen molar-refractivity contribution in [3.8, 4) is 0 Å². The van der Waals surface area contributed by atoms with Crippen LogP contribution in [0.1, 0.15) is 40.0 Å². The maximum Gasteiger partial charge on any atom is 0.213 e. The van der Waals surface area contributed by atoms with Crippen molar-refractivity contribution in [1.29, 1.82) is 0 Å². The Hall–Kier alpha value is -0.120. The van der Waals surface area contributed by atoms with E-state index >= 15 is 0 Å². The summed E-state index contributed by atoms with van der Waals surface area (Å²) in [5.41, 5.74) is 0. The molecule has 1 fully saturated rings. The zero-order valence-corrected chi connectivity index (χ0v) is 10.9. The maximum absolute atomic E-state index is 2.31. The lowest BCUT2D eigenvalue weighted by molar-refractivity contribution is -1.26. The van der Waals surface area contributed by atoms with Crippen LogP contribution in [0.3, 0.4) is 0 Å². The SMILES string of the molecule is CCC[NH+]1C[NH+](CCC)C[NH+](CCC)C1. The van der Waals surface area contributed by atoms with Gasteiger partial charge >= 0.3 is 0 Å². The first-order valence-electron chi connectivity index (χ1n) is 6.80. The highest BCUT2D eigenvalue weighted by Crippen LogP contribution is 1.67. The molecule has 0 aliphatic carbocycles. The van der Waals surface area contributed by atoms with E-state index in [1.807, 2.05) is 14.7 Å². The second-order valence-corrected chi connectivity index (χ2v) is 5.03. The fourth-order valence-electron chi connectivity index (χ4n) is 2.84. The van der Waals surface area contributed by atoms with Crippen LogP contribution in [0.15, 0.2) is 0 Å². The van der Waals surface area contributed by atoms with E-state index in [0.717, 1.165) is 0 Å². The molecule has 1 aliphatic heterocycles. The summed E-state index contributed by atoms with van der Waals surface area (Å²) in [6.45, 7) is 15.1. The Bertz CT molecular complexity index is 126. The zero-order valence-electron chi connectivity index (χ0n) is 10.9. The van der Waals surface area contributed by atoms with Gasteiger partial charge in [0.15, 0.2) is 0 Å². The van der Waals surface area contributed by atoms with Gasteiger partial charge in [0.05, 0.1) is 19.6 Å². The van der Waals surface area contributed by atoms with Gasteiger partial charge in [-0.05, 0) is 19.3 Å². The topological polar surface area (TPSA) is 13.3 Å². The van der Waals surface area contributed by atoms with Crippen LogP contribution in [-0.2, 0) is 0 Å². The van der Waals surface area contributed by atoms with E-state index in [-0.39, 0.29) is 0 Å². The largest absolute Gasteiger partial charge is 0.242 e. The first kappa shape index (κ1) is 12.9. The molecular weight excluding hydrogens is 186 g/mol. The molecule has 3 heteroatoms. The highest BCUT2D eigenvalue weighted by molar-refractivity contribution is 4.26. The van der Waals surface area contributed by atoms with Crippen LogP contribution in [0.4, 0.5) is 0 Å². The molecule has 0 radical (unpaired) electrons. The molecule has 1 heterocycles. The summed E-state index contributed by atoms with van der Waals surface area (Å²) in [6.07, 6.45) is 3.98. The van der Waals surface area contributed by atoms with Crippen LogP contribution in [-0.4, -0.2) is 39.6 Å². The normalized spacial score (nSPS) is 31.8. The predicted octanol–water partition coefficient (Wildman–Crippen LogP) is -2.24. The van der Waals surface area contributed by atoms with E-state index in [9.17, 15) is 0 Å². The van der Waals surface area contributed by atoms with E-state index in [2.05, 4.69) is 20.8 Å². The molecule has 3 nitrogen and oxygen atoms in total. The van der Waals surface area contributed by atoms with Crippen LogP contribution in [0.25, 0.3) is 0 Å². The van der Waals surface area contributed by atoms with Crippen molar-refractivity contribution in [2.45, 2.75) is 40.0 Å². The number of hydrogen-bond donors (Lipinski definition) is 3. The summed E-state index contributed by atoms with van der Waals surface area (Å²) in [5, 5.41) is 0. The van der Waals surface area contributed by atoms with Crippen LogP contribution >= 0.6 is 0 Å². The van der Waals surface area contributed by atoms with Crippen LogP contribution < -0.4 is 14.7 Å². The van der Waals surface area contributed by atoms with Gasteiger partial charge in [-0.15, -0.1) is 0 Å². The summed E-state index contributed by atoms with van der Waals surface area (Å²) in [5.74, 6) is 0. The summed E-state index contributed by atoms with van der Waals surface area (Å²) in [6, 6.07) is 0. The molecule has 90 valence electrons. The molecule has 0 spiro atoms. The average molecular weight is 216 g/mol.